The Morgan fingerprint density at radius 3 is 2.16 bits per heavy atom. The van der Waals surface area contributed by atoms with Crippen LogP contribution in [-0.4, -0.2) is 52.2 Å². The Kier molecular flexibility index (Phi) is 12.9. The van der Waals surface area contributed by atoms with Gasteiger partial charge >= 0.3 is 5.97 Å². The molecule has 5 heteroatoms. The highest BCUT2D eigenvalue weighted by atomic mass is 16.6. The molecule has 112 valence electrons. The summed E-state index contributed by atoms with van der Waals surface area (Å²) in [4.78, 5) is 11.5. The fourth-order valence-corrected chi connectivity index (χ4v) is 1.26. The summed E-state index contributed by atoms with van der Waals surface area (Å²) in [7, 11) is 0. The predicted molar refractivity (Wildman–Crippen MR) is 73.1 cm³/mol. The molecule has 0 aromatic heterocycles. The summed E-state index contributed by atoms with van der Waals surface area (Å²) in [6.45, 7) is 9.37. The van der Waals surface area contributed by atoms with Crippen LogP contribution in [0.2, 0.25) is 0 Å². The first-order valence-electron chi connectivity index (χ1n) is 6.79. The summed E-state index contributed by atoms with van der Waals surface area (Å²) in [6.07, 6.45) is 2.55. The van der Waals surface area contributed by atoms with Gasteiger partial charge in [-0.05, 0) is 27.2 Å². The number of rotatable bonds is 12. The molecule has 0 radical (unpaired) electrons. The van der Waals surface area contributed by atoms with Crippen LogP contribution in [-0.2, 0) is 23.7 Å². The van der Waals surface area contributed by atoms with E-state index >= 15 is 0 Å². The second-order valence-electron chi connectivity index (χ2n) is 3.82. The highest BCUT2D eigenvalue weighted by Gasteiger charge is 2.04. The van der Waals surface area contributed by atoms with E-state index in [4.69, 9.17) is 18.9 Å². The average molecular weight is 274 g/mol. The molecule has 0 heterocycles. The fraction of sp³-hybridized carbons (Fsp3) is 0.786. The molecule has 0 amide bonds. The minimum atomic E-state index is -0.301. The van der Waals surface area contributed by atoms with Gasteiger partial charge in [0, 0.05) is 18.8 Å². The molecule has 5 nitrogen and oxygen atoms in total. The zero-order valence-electron chi connectivity index (χ0n) is 12.3. The Labute approximate surface area is 115 Å². The number of esters is 1. The van der Waals surface area contributed by atoms with Crippen molar-refractivity contribution in [1.82, 2.24) is 0 Å². The molecule has 0 N–H and O–H groups in total. The van der Waals surface area contributed by atoms with E-state index in [1.54, 1.807) is 6.92 Å². The predicted octanol–water partition coefficient (Wildman–Crippen LogP) is 1.96. The van der Waals surface area contributed by atoms with Crippen LogP contribution in [0.1, 0.15) is 27.2 Å². The first-order valence-corrected chi connectivity index (χ1v) is 6.79. The van der Waals surface area contributed by atoms with Crippen LogP contribution in [0.15, 0.2) is 11.6 Å². The highest BCUT2D eigenvalue weighted by Crippen LogP contribution is 1.99. The minimum Gasteiger partial charge on any atom is -0.460 e. The van der Waals surface area contributed by atoms with Gasteiger partial charge in [-0.1, -0.05) is 6.08 Å². The second-order valence-corrected chi connectivity index (χ2v) is 3.82. The molecule has 0 aliphatic heterocycles. The third kappa shape index (κ3) is 11.9. The lowest BCUT2D eigenvalue weighted by Crippen LogP contribution is -2.13. The maximum atomic E-state index is 11.5. The first-order chi connectivity index (χ1) is 9.22. The Bertz CT molecular complexity index is 250. The third-order valence-corrected chi connectivity index (χ3v) is 2.28. The molecule has 0 rings (SSSR count). The summed E-state index contributed by atoms with van der Waals surface area (Å²) in [5, 5.41) is 0. The molecule has 0 saturated heterocycles. The smallest absolute Gasteiger partial charge is 0.333 e. The standard InChI is InChI=1S/C14H26O5/c1-4-16-8-6-7-13(3)14(15)19-12-11-18-10-9-17-5-2/h7H,4-6,8-12H2,1-3H3. The topological polar surface area (TPSA) is 54.0 Å². The van der Waals surface area contributed by atoms with Crippen molar-refractivity contribution in [2.45, 2.75) is 27.2 Å². The lowest BCUT2D eigenvalue weighted by atomic mass is 10.2. The van der Waals surface area contributed by atoms with Crippen molar-refractivity contribution in [3.63, 3.8) is 0 Å². The van der Waals surface area contributed by atoms with Crippen LogP contribution in [0, 0.1) is 0 Å². The average Bonchev–Trinajstić information content (AvgIpc) is 2.42. The van der Waals surface area contributed by atoms with Gasteiger partial charge in [-0.3, -0.25) is 0 Å². The summed E-state index contributed by atoms with van der Waals surface area (Å²) >= 11 is 0. The lowest BCUT2D eigenvalue weighted by molar-refractivity contribution is -0.140. The number of hydrogen-bond donors (Lipinski definition) is 0. The largest absolute Gasteiger partial charge is 0.460 e. The highest BCUT2D eigenvalue weighted by molar-refractivity contribution is 5.87. The van der Waals surface area contributed by atoms with Crippen LogP contribution < -0.4 is 0 Å². The van der Waals surface area contributed by atoms with E-state index in [0.717, 1.165) is 6.42 Å². The molecular formula is C14H26O5. The summed E-state index contributed by atoms with van der Waals surface area (Å²) in [6, 6.07) is 0. The molecule has 0 spiro atoms. The van der Waals surface area contributed by atoms with E-state index in [1.807, 2.05) is 19.9 Å². The molecule has 0 bridgehead atoms. The summed E-state index contributed by atoms with van der Waals surface area (Å²) < 4.78 is 20.6. The zero-order valence-corrected chi connectivity index (χ0v) is 12.3. The van der Waals surface area contributed by atoms with Gasteiger partial charge in [0.2, 0.25) is 0 Å². The quantitative estimate of drug-likeness (QED) is 0.309. The second kappa shape index (κ2) is 13.5. The van der Waals surface area contributed by atoms with Gasteiger partial charge in [0.1, 0.15) is 6.61 Å². The Hall–Kier alpha value is -0.910. The molecule has 0 unspecified atom stereocenters. The summed E-state index contributed by atoms with van der Waals surface area (Å²) in [5.74, 6) is -0.301. The van der Waals surface area contributed by atoms with Gasteiger partial charge in [-0.15, -0.1) is 0 Å². The van der Waals surface area contributed by atoms with Crippen molar-refractivity contribution in [3.05, 3.63) is 11.6 Å². The normalized spacial score (nSPS) is 11.6. The van der Waals surface area contributed by atoms with E-state index in [-0.39, 0.29) is 12.6 Å². The van der Waals surface area contributed by atoms with Crippen molar-refractivity contribution in [2.24, 2.45) is 0 Å². The maximum absolute atomic E-state index is 11.5. The van der Waals surface area contributed by atoms with Crippen molar-refractivity contribution >= 4 is 5.97 Å². The Morgan fingerprint density at radius 2 is 1.47 bits per heavy atom. The fourth-order valence-electron chi connectivity index (χ4n) is 1.26. The van der Waals surface area contributed by atoms with Gasteiger partial charge < -0.3 is 18.9 Å². The number of carbonyl (C=O) groups excluding carboxylic acids is 1. The van der Waals surface area contributed by atoms with Gasteiger partial charge in [-0.25, -0.2) is 4.79 Å². The first kappa shape index (κ1) is 18.1. The van der Waals surface area contributed by atoms with E-state index in [1.165, 1.54) is 0 Å². The van der Waals surface area contributed by atoms with E-state index < -0.39 is 0 Å². The molecule has 0 aromatic carbocycles. The summed E-state index contributed by atoms with van der Waals surface area (Å²) in [5.41, 5.74) is 0.606. The molecule has 19 heavy (non-hydrogen) atoms. The zero-order chi connectivity index (χ0) is 14.3. The molecule has 0 atom stereocenters. The Balaban J connectivity index is 3.51. The monoisotopic (exact) mass is 274 g/mol. The van der Waals surface area contributed by atoms with E-state index in [0.29, 0.717) is 45.2 Å². The number of hydrogen-bond acceptors (Lipinski definition) is 5. The third-order valence-electron chi connectivity index (χ3n) is 2.28. The molecule has 0 saturated carbocycles. The van der Waals surface area contributed by atoms with Crippen LogP contribution in [0.3, 0.4) is 0 Å². The molecule has 0 aliphatic carbocycles. The minimum absolute atomic E-state index is 0.265. The van der Waals surface area contributed by atoms with Crippen molar-refractivity contribution < 1.29 is 23.7 Å². The lowest BCUT2D eigenvalue weighted by Gasteiger charge is -2.06. The van der Waals surface area contributed by atoms with Gasteiger partial charge in [0.15, 0.2) is 0 Å². The molecule has 0 fully saturated rings. The van der Waals surface area contributed by atoms with Crippen LogP contribution >= 0.6 is 0 Å². The van der Waals surface area contributed by atoms with Crippen LogP contribution in [0.4, 0.5) is 0 Å². The van der Waals surface area contributed by atoms with E-state index in [2.05, 4.69) is 0 Å². The van der Waals surface area contributed by atoms with Crippen molar-refractivity contribution in [3.8, 4) is 0 Å². The van der Waals surface area contributed by atoms with Gasteiger partial charge in [0.05, 0.1) is 26.4 Å². The van der Waals surface area contributed by atoms with Gasteiger partial charge in [-0.2, -0.15) is 0 Å². The molecule has 0 aliphatic rings. The molecule has 0 aromatic rings. The number of ether oxygens (including phenoxy) is 4. The van der Waals surface area contributed by atoms with Crippen molar-refractivity contribution in [1.29, 1.82) is 0 Å². The maximum Gasteiger partial charge on any atom is 0.333 e. The Morgan fingerprint density at radius 1 is 0.895 bits per heavy atom. The van der Waals surface area contributed by atoms with Crippen LogP contribution in [0.25, 0.3) is 0 Å². The van der Waals surface area contributed by atoms with Crippen LogP contribution in [0.5, 0.6) is 0 Å². The van der Waals surface area contributed by atoms with Crippen molar-refractivity contribution in [2.75, 3.05) is 46.2 Å². The molecular weight excluding hydrogens is 248 g/mol. The number of carbonyl (C=O) groups is 1. The van der Waals surface area contributed by atoms with E-state index in [9.17, 15) is 4.79 Å². The SMILES string of the molecule is CCOCCC=C(C)C(=O)OCCOCCOCC. The van der Waals surface area contributed by atoms with Gasteiger partial charge in [0.25, 0.3) is 0 Å².